The number of H-pyrrole nitrogens is 1. The third-order valence-electron chi connectivity index (χ3n) is 2.66. The molecule has 1 aliphatic rings. The molecule has 0 unspecified atom stereocenters. The molecule has 1 aromatic rings. The first-order chi connectivity index (χ1) is 6.27. The van der Waals surface area contributed by atoms with Crippen LogP contribution in [-0.4, -0.2) is 16.1 Å². The van der Waals surface area contributed by atoms with Crippen molar-refractivity contribution < 1.29 is 4.79 Å². The van der Waals surface area contributed by atoms with Gasteiger partial charge in [0.1, 0.15) is 0 Å². The van der Waals surface area contributed by atoms with Crippen LogP contribution in [-0.2, 0) is 17.6 Å². The van der Waals surface area contributed by atoms with Gasteiger partial charge in [-0.1, -0.05) is 0 Å². The van der Waals surface area contributed by atoms with Crippen LogP contribution in [0.4, 0.5) is 0 Å². The highest BCUT2D eigenvalue weighted by Gasteiger charge is 2.21. The van der Waals surface area contributed by atoms with Gasteiger partial charge in [0.15, 0.2) is 0 Å². The lowest BCUT2D eigenvalue weighted by molar-refractivity contribution is -0.121. The summed E-state index contributed by atoms with van der Waals surface area (Å²) in [5.74, 6) is -0.204. The monoisotopic (exact) mass is 179 g/mol. The molecule has 0 aliphatic heterocycles. The zero-order chi connectivity index (χ0) is 9.26. The predicted octanol–water partition coefficient (Wildman–Crippen LogP) is 0.390. The minimum absolute atomic E-state index is 0.0123. The molecule has 0 radical (unpaired) electrons. The molecule has 4 heteroatoms. The fraction of sp³-hybridized carbons (Fsp3) is 0.556. The van der Waals surface area contributed by atoms with Crippen molar-refractivity contribution in [2.75, 3.05) is 0 Å². The van der Waals surface area contributed by atoms with Gasteiger partial charge in [0.05, 0.1) is 6.20 Å². The van der Waals surface area contributed by atoms with Crippen molar-refractivity contribution in [2.24, 2.45) is 11.7 Å². The summed E-state index contributed by atoms with van der Waals surface area (Å²) >= 11 is 0. The maximum atomic E-state index is 11.0. The smallest absolute Gasteiger partial charge is 0.220 e. The molecule has 0 saturated carbocycles. The second-order valence-corrected chi connectivity index (χ2v) is 3.57. The summed E-state index contributed by atoms with van der Waals surface area (Å²) in [5, 5.41) is 6.89. The van der Waals surface area contributed by atoms with Gasteiger partial charge in [-0.15, -0.1) is 0 Å². The molecular weight excluding hydrogens is 166 g/mol. The molecule has 3 N–H and O–H groups in total. The Balaban J connectivity index is 2.21. The molecule has 0 saturated heterocycles. The molecule has 1 atom stereocenters. The van der Waals surface area contributed by atoms with Crippen LogP contribution in [0.2, 0.25) is 0 Å². The Hall–Kier alpha value is -1.32. The number of carbonyl (C=O) groups is 1. The van der Waals surface area contributed by atoms with E-state index in [0.29, 0.717) is 0 Å². The maximum absolute atomic E-state index is 11.0. The van der Waals surface area contributed by atoms with Crippen LogP contribution < -0.4 is 5.73 Å². The summed E-state index contributed by atoms with van der Waals surface area (Å²) in [6, 6.07) is 0. The van der Waals surface area contributed by atoms with E-state index in [1.54, 1.807) is 0 Å². The van der Waals surface area contributed by atoms with Crippen LogP contribution in [0.5, 0.6) is 0 Å². The van der Waals surface area contributed by atoms with E-state index in [2.05, 4.69) is 10.2 Å². The molecule has 13 heavy (non-hydrogen) atoms. The lowest BCUT2D eigenvalue weighted by atomic mass is 10.00. The minimum Gasteiger partial charge on any atom is -0.369 e. The highest BCUT2D eigenvalue weighted by Crippen LogP contribution is 2.22. The van der Waals surface area contributed by atoms with E-state index in [1.807, 2.05) is 6.20 Å². The van der Waals surface area contributed by atoms with Gasteiger partial charge in [0.25, 0.3) is 0 Å². The topological polar surface area (TPSA) is 71.8 Å². The van der Waals surface area contributed by atoms with Crippen LogP contribution in [0.3, 0.4) is 0 Å². The Labute approximate surface area is 76.5 Å². The second kappa shape index (κ2) is 3.20. The molecule has 1 aliphatic carbocycles. The van der Waals surface area contributed by atoms with Gasteiger partial charge in [-0.2, -0.15) is 5.10 Å². The predicted molar refractivity (Wildman–Crippen MR) is 47.9 cm³/mol. The van der Waals surface area contributed by atoms with Crippen molar-refractivity contribution in [1.82, 2.24) is 10.2 Å². The van der Waals surface area contributed by atoms with Crippen LogP contribution in [0.1, 0.15) is 24.1 Å². The van der Waals surface area contributed by atoms with Crippen LogP contribution >= 0.6 is 0 Å². The first-order valence-electron chi connectivity index (χ1n) is 4.58. The maximum Gasteiger partial charge on any atom is 0.220 e. The third-order valence-corrected chi connectivity index (χ3v) is 2.66. The largest absolute Gasteiger partial charge is 0.369 e. The molecule has 70 valence electrons. The number of hydrogen-bond donors (Lipinski definition) is 2. The van der Waals surface area contributed by atoms with Gasteiger partial charge in [0.2, 0.25) is 5.91 Å². The number of aryl methyl sites for hydroxylation is 1. The van der Waals surface area contributed by atoms with E-state index in [0.717, 1.165) is 31.4 Å². The number of nitrogens with one attached hydrogen (secondary N) is 1. The van der Waals surface area contributed by atoms with Gasteiger partial charge in [-0.25, -0.2) is 0 Å². The lowest BCUT2D eigenvalue weighted by Gasteiger charge is -2.07. The van der Waals surface area contributed by atoms with Gasteiger partial charge in [0, 0.05) is 18.0 Å². The normalized spacial score (nSPS) is 22.0. The minimum atomic E-state index is -0.192. The Kier molecular flexibility index (Phi) is 2.04. The number of amides is 1. The van der Waals surface area contributed by atoms with Crippen molar-refractivity contribution >= 4 is 5.91 Å². The number of aromatic nitrogens is 2. The van der Waals surface area contributed by atoms with Gasteiger partial charge < -0.3 is 5.73 Å². The van der Waals surface area contributed by atoms with Crippen LogP contribution in [0.25, 0.3) is 0 Å². The molecule has 1 heterocycles. The summed E-state index contributed by atoms with van der Waals surface area (Å²) < 4.78 is 0. The first-order valence-corrected chi connectivity index (χ1v) is 4.58. The molecule has 4 nitrogen and oxygen atoms in total. The number of carbonyl (C=O) groups excluding carboxylic acids is 1. The van der Waals surface area contributed by atoms with E-state index in [9.17, 15) is 4.79 Å². The molecule has 0 bridgehead atoms. The third kappa shape index (κ3) is 1.56. The number of hydrogen-bond acceptors (Lipinski definition) is 2. The Morgan fingerprint density at radius 1 is 1.69 bits per heavy atom. The summed E-state index contributed by atoms with van der Waals surface area (Å²) in [7, 11) is 0. The summed E-state index contributed by atoms with van der Waals surface area (Å²) in [6.07, 6.45) is 5.51. The average Bonchev–Trinajstić information content (AvgIpc) is 2.42. The second-order valence-electron chi connectivity index (χ2n) is 3.57. The fourth-order valence-corrected chi connectivity index (χ4v) is 1.86. The number of fused-ring (bicyclic) bond motifs is 1. The summed E-state index contributed by atoms with van der Waals surface area (Å²) in [4.78, 5) is 11.0. The van der Waals surface area contributed by atoms with E-state index in [1.165, 1.54) is 5.56 Å². The number of primary amides is 1. The van der Waals surface area contributed by atoms with Gasteiger partial charge >= 0.3 is 0 Å². The van der Waals surface area contributed by atoms with Crippen molar-refractivity contribution in [2.45, 2.75) is 25.7 Å². The SMILES string of the molecule is NC(=O)[C@H]1CCCc2cn[nH]c2C1. The van der Waals surface area contributed by atoms with Crippen LogP contribution in [0, 0.1) is 5.92 Å². The molecule has 1 aromatic heterocycles. The van der Waals surface area contributed by atoms with E-state index in [-0.39, 0.29) is 11.8 Å². The zero-order valence-corrected chi connectivity index (χ0v) is 7.42. The quantitative estimate of drug-likeness (QED) is 0.612. The number of rotatable bonds is 1. The molecule has 2 rings (SSSR count). The Bertz CT molecular complexity index is 318. The van der Waals surface area contributed by atoms with Crippen LogP contribution in [0.15, 0.2) is 6.20 Å². The first kappa shape index (κ1) is 8.29. The number of nitrogens with two attached hydrogens (primary N) is 1. The van der Waals surface area contributed by atoms with Crippen molar-refractivity contribution in [3.63, 3.8) is 0 Å². The number of nitrogens with zero attached hydrogens (tertiary/aromatic N) is 1. The lowest BCUT2D eigenvalue weighted by Crippen LogP contribution is -2.24. The van der Waals surface area contributed by atoms with Crippen molar-refractivity contribution in [1.29, 1.82) is 0 Å². The van der Waals surface area contributed by atoms with Gasteiger partial charge in [-0.3, -0.25) is 9.89 Å². The van der Waals surface area contributed by atoms with Crippen molar-refractivity contribution in [3.8, 4) is 0 Å². The van der Waals surface area contributed by atoms with E-state index >= 15 is 0 Å². The Morgan fingerprint density at radius 2 is 2.54 bits per heavy atom. The fourth-order valence-electron chi connectivity index (χ4n) is 1.86. The summed E-state index contributed by atoms with van der Waals surface area (Å²) in [5.41, 5.74) is 7.61. The Morgan fingerprint density at radius 3 is 3.31 bits per heavy atom. The molecule has 0 aromatic carbocycles. The van der Waals surface area contributed by atoms with E-state index in [4.69, 9.17) is 5.73 Å². The van der Waals surface area contributed by atoms with Crippen molar-refractivity contribution in [3.05, 3.63) is 17.5 Å². The molecule has 1 amide bonds. The standard InChI is InChI=1S/C9H13N3O/c10-9(13)6-2-1-3-7-5-11-12-8(7)4-6/h5-6H,1-4H2,(H2,10,13)(H,11,12)/t6-/m0/s1. The molecular formula is C9H13N3O. The summed E-state index contributed by atoms with van der Waals surface area (Å²) in [6.45, 7) is 0. The highest BCUT2D eigenvalue weighted by atomic mass is 16.1. The molecule has 0 fully saturated rings. The highest BCUT2D eigenvalue weighted by molar-refractivity contribution is 5.77. The zero-order valence-electron chi connectivity index (χ0n) is 7.42. The van der Waals surface area contributed by atoms with Gasteiger partial charge in [-0.05, 0) is 24.8 Å². The molecule has 0 spiro atoms. The van der Waals surface area contributed by atoms with E-state index < -0.39 is 0 Å². The average molecular weight is 179 g/mol. The number of aromatic amines is 1.